The van der Waals surface area contributed by atoms with Gasteiger partial charge in [0.1, 0.15) is 11.6 Å². The van der Waals surface area contributed by atoms with Crippen LogP contribution >= 0.6 is 11.8 Å². The minimum Gasteiger partial charge on any atom is -0.497 e. The summed E-state index contributed by atoms with van der Waals surface area (Å²) in [6.45, 7) is 0. The van der Waals surface area contributed by atoms with Crippen molar-refractivity contribution in [3.8, 4) is 5.75 Å². The number of methoxy groups -OCH3 is 1. The molecule has 0 aliphatic heterocycles. The van der Waals surface area contributed by atoms with Crippen LogP contribution in [0.3, 0.4) is 0 Å². The van der Waals surface area contributed by atoms with Crippen LogP contribution in [0.5, 0.6) is 5.75 Å². The van der Waals surface area contributed by atoms with Crippen molar-refractivity contribution >= 4 is 29.3 Å². The first-order valence-corrected chi connectivity index (χ1v) is 9.72. The number of nitrogens with one attached hydrogen (secondary N) is 1. The van der Waals surface area contributed by atoms with Crippen molar-refractivity contribution in [3.05, 3.63) is 65.5 Å². The van der Waals surface area contributed by atoms with Gasteiger partial charge in [0.2, 0.25) is 5.91 Å². The van der Waals surface area contributed by atoms with Crippen LogP contribution in [0.4, 0.5) is 5.69 Å². The van der Waals surface area contributed by atoms with Gasteiger partial charge >= 0.3 is 5.97 Å². The van der Waals surface area contributed by atoms with Crippen molar-refractivity contribution in [2.24, 2.45) is 7.05 Å². The number of carboxylic acids is 1. The number of carbonyl (C=O) groups excluding carboxylic acids is 1. The monoisotopic (exact) mass is 412 g/mol. The van der Waals surface area contributed by atoms with Gasteiger partial charge in [-0.2, -0.15) is 0 Å². The Morgan fingerprint density at radius 3 is 2.41 bits per heavy atom. The van der Waals surface area contributed by atoms with Gasteiger partial charge in [-0.05, 0) is 42.0 Å². The normalized spacial score (nSPS) is 10.6. The van der Waals surface area contributed by atoms with E-state index in [0.29, 0.717) is 17.3 Å². The van der Waals surface area contributed by atoms with E-state index < -0.39 is 5.97 Å². The van der Waals surface area contributed by atoms with Crippen LogP contribution in [0.1, 0.15) is 21.7 Å². The van der Waals surface area contributed by atoms with Crippen molar-refractivity contribution in [1.29, 1.82) is 0 Å². The van der Waals surface area contributed by atoms with Crippen LogP contribution in [0, 0.1) is 0 Å². The van der Waals surface area contributed by atoms with E-state index in [0.717, 1.165) is 17.1 Å². The lowest BCUT2D eigenvalue weighted by molar-refractivity contribution is -0.113. The predicted octanol–water partition coefficient (Wildman–Crippen LogP) is 2.84. The fourth-order valence-corrected chi connectivity index (χ4v) is 3.30. The van der Waals surface area contributed by atoms with E-state index >= 15 is 0 Å². The molecule has 0 fully saturated rings. The Balaban J connectivity index is 1.55. The molecular formula is C20H20N4O4S. The number of amides is 1. The molecule has 0 saturated carbocycles. The van der Waals surface area contributed by atoms with Crippen LogP contribution in [0.2, 0.25) is 0 Å². The van der Waals surface area contributed by atoms with Crippen molar-refractivity contribution in [1.82, 2.24) is 14.8 Å². The second-order valence-corrected chi connectivity index (χ2v) is 7.14. The highest BCUT2D eigenvalue weighted by atomic mass is 32.2. The molecule has 1 heterocycles. The number of benzene rings is 2. The van der Waals surface area contributed by atoms with Gasteiger partial charge < -0.3 is 19.7 Å². The first kappa shape index (κ1) is 20.4. The predicted molar refractivity (Wildman–Crippen MR) is 110 cm³/mol. The number of aromatic nitrogens is 3. The standard InChI is InChI=1S/C20H20N4O4S/c1-24-17(11-13-3-9-16(28-2)10-4-13)22-23-20(24)29-12-18(25)21-15-7-5-14(6-8-15)19(26)27/h3-10H,11-12H2,1-2H3,(H,21,25)(H,26,27). The summed E-state index contributed by atoms with van der Waals surface area (Å²) < 4.78 is 7.02. The third-order valence-electron chi connectivity index (χ3n) is 4.19. The molecule has 0 radical (unpaired) electrons. The Morgan fingerprint density at radius 2 is 1.79 bits per heavy atom. The average molecular weight is 412 g/mol. The highest BCUT2D eigenvalue weighted by Gasteiger charge is 2.12. The smallest absolute Gasteiger partial charge is 0.335 e. The molecule has 3 rings (SSSR count). The Labute approximate surface area is 171 Å². The van der Waals surface area contributed by atoms with Gasteiger partial charge in [-0.3, -0.25) is 4.79 Å². The van der Waals surface area contributed by atoms with Crippen LogP contribution in [0.15, 0.2) is 53.7 Å². The molecule has 0 aliphatic carbocycles. The van der Waals surface area contributed by atoms with E-state index in [-0.39, 0.29) is 17.2 Å². The van der Waals surface area contributed by atoms with Crippen molar-refractivity contribution in [2.75, 3.05) is 18.2 Å². The summed E-state index contributed by atoms with van der Waals surface area (Å²) in [4.78, 5) is 23.0. The quantitative estimate of drug-likeness (QED) is 0.548. The molecule has 3 aromatic rings. The summed E-state index contributed by atoms with van der Waals surface area (Å²) in [5.74, 6) is 0.535. The van der Waals surface area contributed by atoms with Gasteiger partial charge in [0.25, 0.3) is 0 Å². The molecule has 29 heavy (non-hydrogen) atoms. The summed E-state index contributed by atoms with van der Waals surface area (Å²) in [6, 6.07) is 13.7. The summed E-state index contributed by atoms with van der Waals surface area (Å²) in [5, 5.41) is 20.7. The zero-order valence-electron chi connectivity index (χ0n) is 16.0. The van der Waals surface area contributed by atoms with Gasteiger partial charge in [0.15, 0.2) is 5.16 Å². The molecule has 0 saturated heterocycles. The Hall–Kier alpha value is -3.33. The van der Waals surface area contributed by atoms with Gasteiger partial charge in [-0.1, -0.05) is 23.9 Å². The summed E-state index contributed by atoms with van der Waals surface area (Å²) >= 11 is 1.28. The van der Waals surface area contributed by atoms with Crippen LogP contribution < -0.4 is 10.1 Å². The third kappa shape index (κ3) is 5.35. The number of ether oxygens (including phenoxy) is 1. The molecule has 0 unspecified atom stereocenters. The highest BCUT2D eigenvalue weighted by molar-refractivity contribution is 7.99. The molecule has 0 spiro atoms. The summed E-state index contributed by atoms with van der Waals surface area (Å²) in [7, 11) is 3.49. The lowest BCUT2D eigenvalue weighted by Gasteiger charge is -2.06. The number of rotatable bonds is 8. The molecule has 9 heteroatoms. The topological polar surface area (TPSA) is 106 Å². The first-order chi connectivity index (χ1) is 14.0. The SMILES string of the molecule is COc1ccc(Cc2nnc(SCC(=O)Nc3ccc(C(=O)O)cc3)n2C)cc1. The number of hydrogen-bond donors (Lipinski definition) is 2. The zero-order chi connectivity index (χ0) is 20.8. The molecule has 0 atom stereocenters. The molecular weight excluding hydrogens is 392 g/mol. The number of aromatic carboxylic acids is 1. The van der Waals surface area contributed by atoms with E-state index in [1.165, 1.54) is 23.9 Å². The minimum absolute atomic E-state index is 0.162. The highest BCUT2D eigenvalue weighted by Crippen LogP contribution is 2.19. The molecule has 1 aromatic heterocycles. The van der Waals surface area contributed by atoms with E-state index in [1.807, 2.05) is 35.9 Å². The van der Waals surface area contributed by atoms with Gasteiger partial charge in [0, 0.05) is 19.2 Å². The van der Waals surface area contributed by atoms with Crippen LogP contribution in [0.25, 0.3) is 0 Å². The van der Waals surface area contributed by atoms with E-state index in [1.54, 1.807) is 19.2 Å². The number of nitrogens with zero attached hydrogens (tertiary/aromatic N) is 3. The molecule has 2 N–H and O–H groups in total. The number of carboxylic acid groups (broad SMARTS) is 1. The fraction of sp³-hybridized carbons (Fsp3) is 0.200. The second-order valence-electron chi connectivity index (χ2n) is 6.20. The first-order valence-electron chi connectivity index (χ1n) is 8.73. The molecule has 0 bridgehead atoms. The van der Waals surface area contributed by atoms with Gasteiger partial charge in [0.05, 0.1) is 18.4 Å². The largest absolute Gasteiger partial charge is 0.497 e. The summed E-state index contributed by atoms with van der Waals surface area (Å²) in [6.07, 6.45) is 0.621. The number of carbonyl (C=O) groups is 2. The van der Waals surface area contributed by atoms with Crippen molar-refractivity contribution in [2.45, 2.75) is 11.6 Å². The molecule has 0 aliphatic rings. The molecule has 2 aromatic carbocycles. The lowest BCUT2D eigenvalue weighted by Crippen LogP contribution is -2.14. The number of hydrogen-bond acceptors (Lipinski definition) is 6. The van der Waals surface area contributed by atoms with Crippen LogP contribution in [-0.4, -0.2) is 44.6 Å². The fourth-order valence-electron chi connectivity index (χ4n) is 2.57. The molecule has 150 valence electrons. The van der Waals surface area contributed by atoms with E-state index in [9.17, 15) is 9.59 Å². The number of anilines is 1. The molecule has 1 amide bonds. The maximum absolute atomic E-state index is 12.2. The van der Waals surface area contributed by atoms with Crippen molar-refractivity contribution < 1.29 is 19.4 Å². The maximum Gasteiger partial charge on any atom is 0.335 e. The average Bonchev–Trinajstić information content (AvgIpc) is 3.07. The Kier molecular flexibility index (Phi) is 6.50. The van der Waals surface area contributed by atoms with E-state index in [2.05, 4.69) is 15.5 Å². The zero-order valence-corrected chi connectivity index (χ0v) is 16.8. The van der Waals surface area contributed by atoms with Crippen molar-refractivity contribution in [3.63, 3.8) is 0 Å². The Morgan fingerprint density at radius 1 is 1.10 bits per heavy atom. The third-order valence-corrected chi connectivity index (χ3v) is 5.21. The van der Waals surface area contributed by atoms with Gasteiger partial charge in [-0.25, -0.2) is 4.79 Å². The minimum atomic E-state index is -1.01. The summed E-state index contributed by atoms with van der Waals surface area (Å²) in [5.41, 5.74) is 1.79. The lowest BCUT2D eigenvalue weighted by atomic mass is 10.1. The maximum atomic E-state index is 12.2. The Bertz CT molecular complexity index is 1000. The van der Waals surface area contributed by atoms with E-state index in [4.69, 9.17) is 9.84 Å². The number of thioether (sulfide) groups is 1. The van der Waals surface area contributed by atoms with Gasteiger partial charge in [-0.15, -0.1) is 10.2 Å². The molecule has 8 nitrogen and oxygen atoms in total. The second kappa shape index (κ2) is 9.24. The van der Waals surface area contributed by atoms with Crippen LogP contribution in [-0.2, 0) is 18.3 Å².